The van der Waals surface area contributed by atoms with Gasteiger partial charge in [-0.25, -0.2) is 4.57 Å². The molecule has 0 bridgehead atoms. The van der Waals surface area contributed by atoms with Crippen molar-refractivity contribution in [3.63, 3.8) is 0 Å². The number of aromatic nitrogens is 1. The molecule has 3 heteroatoms. The number of carbonyl (C=O) groups is 1. The molecule has 0 aliphatic rings. The number of carbonyl (C=O) groups excluding carboxylic acids is 1. The molecule has 0 amide bonds. The van der Waals surface area contributed by atoms with Crippen molar-refractivity contribution in [1.82, 2.24) is 0 Å². The maximum Gasteiger partial charge on any atom is 0.189 e. The highest BCUT2D eigenvalue weighted by Crippen LogP contribution is 2.01. The molecule has 3 nitrogen and oxygen atoms in total. The van der Waals surface area contributed by atoms with Crippen LogP contribution < -0.4 is 9.67 Å². The summed E-state index contributed by atoms with van der Waals surface area (Å²) in [4.78, 5) is 10.5. The van der Waals surface area contributed by atoms with E-state index < -0.39 is 5.97 Å². The lowest BCUT2D eigenvalue weighted by Crippen LogP contribution is -2.40. The minimum atomic E-state index is -1.03. The van der Waals surface area contributed by atoms with E-state index in [2.05, 4.69) is 0 Å². The van der Waals surface area contributed by atoms with Gasteiger partial charge in [-0.1, -0.05) is 0 Å². The van der Waals surface area contributed by atoms with Crippen molar-refractivity contribution in [2.45, 2.75) is 26.8 Å². The second-order valence-corrected chi connectivity index (χ2v) is 2.97. The summed E-state index contributed by atoms with van der Waals surface area (Å²) in [6.45, 7) is 4.67. The summed E-state index contributed by atoms with van der Waals surface area (Å²) in [6.07, 6.45) is 1.87. The van der Waals surface area contributed by atoms with E-state index in [-0.39, 0.29) is 6.42 Å². The first-order valence-corrected chi connectivity index (χ1v) is 4.33. The highest BCUT2D eigenvalue weighted by Gasteiger charge is 2.11. The van der Waals surface area contributed by atoms with Crippen LogP contribution in [0.4, 0.5) is 0 Å². The molecule has 0 aliphatic carbocycles. The second-order valence-electron chi connectivity index (χ2n) is 2.97. The van der Waals surface area contributed by atoms with Crippen LogP contribution in [0.3, 0.4) is 0 Å². The average molecular weight is 179 g/mol. The summed E-state index contributed by atoms with van der Waals surface area (Å²) in [7, 11) is 0. The van der Waals surface area contributed by atoms with Crippen molar-refractivity contribution >= 4 is 5.97 Å². The Morgan fingerprint density at radius 2 is 2.31 bits per heavy atom. The largest absolute Gasteiger partial charge is 0.550 e. The Balaban J connectivity index is 3.07. The minimum absolute atomic E-state index is 0.0134. The van der Waals surface area contributed by atoms with Gasteiger partial charge in [0, 0.05) is 11.6 Å². The number of carboxylic acids is 1. The molecule has 0 atom stereocenters. The van der Waals surface area contributed by atoms with Gasteiger partial charge in [0.1, 0.15) is 6.54 Å². The third-order valence-electron chi connectivity index (χ3n) is 2.07. The molecule has 0 fully saturated rings. The quantitative estimate of drug-likeness (QED) is 0.592. The average Bonchev–Trinajstić information content (AvgIpc) is 2.08. The molecule has 0 spiro atoms. The van der Waals surface area contributed by atoms with Crippen LogP contribution in [-0.2, 0) is 17.8 Å². The first-order chi connectivity index (χ1) is 6.15. The van der Waals surface area contributed by atoms with Crippen molar-refractivity contribution in [2.75, 3.05) is 0 Å². The summed E-state index contributed by atoms with van der Waals surface area (Å²) in [5.74, 6) is -1.03. The fraction of sp³-hybridized carbons (Fsp3) is 0.400. The number of nitrogens with zero attached hydrogens (tertiary/aromatic N) is 1. The second kappa shape index (κ2) is 4.03. The van der Waals surface area contributed by atoms with Crippen LogP contribution >= 0.6 is 0 Å². The third kappa shape index (κ3) is 2.28. The van der Waals surface area contributed by atoms with Crippen molar-refractivity contribution in [3.05, 3.63) is 29.6 Å². The lowest BCUT2D eigenvalue weighted by Gasteiger charge is -2.05. The van der Waals surface area contributed by atoms with Crippen molar-refractivity contribution < 1.29 is 14.5 Å². The van der Waals surface area contributed by atoms with Crippen LogP contribution in [0, 0.1) is 6.92 Å². The molecule has 1 heterocycles. The molecule has 0 unspecified atom stereocenters. The van der Waals surface area contributed by atoms with Crippen LogP contribution in [-0.4, -0.2) is 5.97 Å². The predicted octanol–water partition coefficient (Wildman–Crippen LogP) is -0.405. The number of aliphatic carboxylic acids is 1. The van der Waals surface area contributed by atoms with Crippen LogP contribution in [0.25, 0.3) is 0 Å². The zero-order chi connectivity index (χ0) is 9.84. The summed E-state index contributed by atoms with van der Waals surface area (Å²) >= 11 is 0. The van der Waals surface area contributed by atoms with E-state index in [9.17, 15) is 9.90 Å². The lowest BCUT2D eigenvalue weighted by molar-refractivity contribution is -0.700. The molecule has 0 saturated heterocycles. The van der Waals surface area contributed by atoms with E-state index in [1.807, 2.05) is 36.7 Å². The minimum Gasteiger partial charge on any atom is -0.550 e. The summed E-state index contributed by atoms with van der Waals surface area (Å²) in [5, 5.41) is 10.5. The molecule has 13 heavy (non-hydrogen) atoms. The van der Waals surface area contributed by atoms with E-state index in [1.54, 1.807) is 0 Å². The van der Waals surface area contributed by atoms with Gasteiger partial charge >= 0.3 is 0 Å². The Labute approximate surface area is 77.6 Å². The molecular formula is C10H13NO2. The molecular weight excluding hydrogens is 166 g/mol. The Kier molecular flexibility index (Phi) is 3.01. The number of hydrogen-bond acceptors (Lipinski definition) is 2. The van der Waals surface area contributed by atoms with Crippen LogP contribution in [0.2, 0.25) is 0 Å². The van der Waals surface area contributed by atoms with Gasteiger partial charge in [0.25, 0.3) is 0 Å². The Morgan fingerprint density at radius 1 is 1.62 bits per heavy atom. The van der Waals surface area contributed by atoms with Crippen molar-refractivity contribution in [1.29, 1.82) is 0 Å². The Hall–Kier alpha value is -1.38. The van der Waals surface area contributed by atoms with Gasteiger partial charge in [-0.15, -0.1) is 0 Å². The Morgan fingerprint density at radius 3 is 2.85 bits per heavy atom. The normalized spacial score (nSPS) is 10.0. The van der Waals surface area contributed by atoms with Gasteiger partial charge < -0.3 is 9.90 Å². The maximum absolute atomic E-state index is 10.5. The molecule has 0 aromatic carbocycles. The highest BCUT2D eigenvalue weighted by atomic mass is 16.4. The molecule has 1 rings (SSSR count). The maximum atomic E-state index is 10.5. The van der Waals surface area contributed by atoms with Gasteiger partial charge in [-0.05, 0) is 19.9 Å². The Bertz CT molecular complexity index is 321. The van der Waals surface area contributed by atoms with E-state index in [0.29, 0.717) is 0 Å². The smallest absolute Gasteiger partial charge is 0.189 e. The van der Waals surface area contributed by atoms with Gasteiger partial charge in [-0.3, -0.25) is 0 Å². The lowest BCUT2D eigenvalue weighted by atomic mass is 10.1. The van der Waals surface area contributed by atoms with Crippen molar-refractivity contribution in [3.8, 4) is 0 Å². The molecule has 0 aliphatic heterocycles. The standard InChI is InChI=1S/C10H13NO2/c1-3-11-6-4-5-8(2)9(11)7-10(12)13/h4-6H,3,7H2,1-2H3. The van der Waals surface area contributed by atoms with E-state index in [4.69, 9.17) is 0 Å². The van der Waals surface area contributed by atoms with Crippen LogP contribution in [0.15, 0.2) is 18.3 Å². The molecule has 70 valence electrons. The monoisotopic (exact) mass is 179 g/mol. The van der Waals surface area contributed by atoms with Crippen LogP contribution in [0.5, 0.6) is 0 Å². The van der Waals surface area contributed by atoms with Gasteiger partial charge in [-0.2, -0.15) is 0 Å². The van der Waals surface area contributed by atoms with E-state index in [0.717, 1.165) is 17.8 Å². The number of carboxylic acid groups (broad SMARTS) is 1. The predicted molar refractivity (Wildman–Crippen MR) is 45.8 cm³/mol. The summed E-state index contributed by atoms with van der Waals surface area (Å²) in [6, 6.07) is 3.82. The number of pyridine rings is 1. The third-order valence-corrected chi connectivity index (χ3v) is 2.07. The van der Waals surface area contributed by atoms with Gasteiger partial charge in [0.15, 0.2) is 11.9 Å². The zero-order valence-corrected chi connectivity index (χ0v) is 7.91. The molecule has 0 N–H and O–H groups in total. The topological polar surface area (TPSA) is 44.0 Å². The van der Waals surface area contributed by atoms with Gasteiger partial charge in [0.05, 0.1) is 12.4 Å². The number of rotatable bonds is 3. The molecule has 1 aromatic heterocycles. The van der Waals surface area contributed by atoms with E-state index in [1.165, 1.54) is 0 Å². The number of aryl methyl sites for hydroxylation is 2. The van der Waals surface area contributed by atoms with Crippen molar-refractivity contribution in [2.24, 2.45) is 0 Å². The van der Waals surface area contributed by atoms with Crippen LogP contribution in [0.1, 0.15) is 18.2 Å². The van der Waals surface area contributed by atoms with Gasteiger partial charge in [0.2, 0.25) is 0 Å². The fourth-order valence-electron chi connectivity index (χ4n) is 1.38. The summed E-state index contributed by atoms with van der Waals surface area (Å²) < 4.78 is 1.92. The number of hydrogen-bond donors (Lipinski definition) is 0. The summed E-state index contributed by atoms with van der Waals surface area (Å²) in [5.41, 5.74) is 1.82. The SMILES string of the molecule is CC[n+]1cccc(C)c1CC(=O)[O-]. The molecule has 0 saturated carbocycles. The first kappa shape index (κ1) is 9.71. The first-order valence-electron chi connectivity index (χ1n) is 4.33. The molecule has 1 aromatic rings. The molecule has 0 radical (unpaired) electrons. The highest BCUT2D eigenvalue weighted by molar-refractivity contribution is 5.67. The zero-order valence-electron chi connectivity index (χ0n) is 7.91. The van der Waals surface area contributed by atoms with E-state index >= 15 is 0 Å². The fourth-order valence-corrected chi connectivity index (χ4v) is 1.38.